The summed E-state index contributed by atoms with van der Waals surface area (Å²) in [7, 11) is 0. The van der Waals surface area contributed by atoms with Crippen molar-refractivity contribution in [2.75, 3.05) is 0 Å². The minimum Gasteiger partial charge on any atom is -0.115 e. The average molecular weight is 363 g/mol. The zero-order valence-corrected chi connectivity index (χ0v) is 16.8. The molecule has 28 heavy (non-hydrogen) atoms. The van der Waals surface area contributed by atoms with E-state index >= 15 is 0 Å². The van der Waals surface area contributed by atoms with E-state index in [2.05, 4.69) is 86.5 Å². The SMILES string of the molecule is C#Cc1c(C)cccc1C1=Cc2cc(CCc3ccc(CC)cc3)ccc2C1. The van der Waals surface area contributed by atoms with E-state index in [1.807, 2.05) is 0 Å². The molecule has 4 rings (SSSR count). The molecule has 138 valence electrons. The molecule has 0 nitrogen and oxygen atoms in total. The molecule has 0 aromatic heterocycles. The first-order valence-electron chi connectivity index (χ1n) is 10.1. The molecule has 0 saturated heterocycles. The highest BCUT2D eigenvalue weighted by molar-refractivity contribution is 5.90. The van der Waals surface area contributed by atoms with Gasteiger partial charge < -0.3 is 0 Å². The number of terminal acetylenes is 1. The van der Waals surface area contributed by atoms with Crippen molar-refractivity contribution in [2.45, 2.75) is 39.5 Å². The lowest BCUT2D eigenvalue weighted by Gasteiger charge is -2.08. The van der Waals surface area contributed by atoms with Crippen LogP contribution in [0.25, 0.3) is 11.6 Å². The molecule has 0 heteroatoms. The van der Waals surface area contributed by atoms with Crippen LogP contribution in [0.1, 0.15) is 51.4 Å². The number of benzene rings is 3. The fraction of sp³-hybridized carbons (Fsp3) is 0.214. The van der Waals surface area contributed by atoms with Gasteiger partial charge in [-0.05, 0) is 77.1 Å². The van der Waals surface area contributed by atoms with Gasteiger partial charge in [0.15, 0.2) is 0 Å². The Morgan fingerprint density at radius 2 is 1.61 bits per heavy atom. The molecule has 0 fully saturated rings. The summed E-state index contributed by atoms with van der Waals surface area (Å²) in [6.45, 7) is 4.29. The van der Waals surface area contributed by atoms with Crippen LogP contribution in [0, 0.1) is 19.3 Å². The van der Waals surface area contributed by atoms with E-state index in [0.29, 0.717) is 0 Å². The van der Waals surface area contributed by atoms with Gasteiger partial charge in [-0.15, -0.1) is 6.42 Å². The molecule has 0 atom stereocenters. The molecule has 0 unspecified atom stereocenters. The van der Waals surface area contributed by atoms with Crippen molar-refractivity contribution in [3.63, 3.8) is 0 Å². The third kappa shape index (κ3) is 3.67. The van der Waals surface area contributed by atoms with Gasteiger partial charge in [0, 0.05) is 5.56 Å². The normalized spacial score (nSPS) is 12.4. The van der Waals surface area contributed by atoms with Crippen molar-refractivity contribution in [2.24, 2.45) is 0 Å². The fourth-order valence-electron chi connectivity index (χ4n) is 4.07. The predicted molar refractivity (Wildman–Crippen MR) is 120 cm³/mol. The summed E-state index contributed by atoms with van der Waals surface area (Å²) in [5, 5.41) is 0. The van der Waals surface area contributed by atoms with Crippen LogP contribution in [0.15, 0.2) is 60.7 Å². The Morgan fingerprint density at radius 3 is 2.36 bits per heavy atom. The molecule has 0 saturated carbocycles. The first-order chi connectivity index (χ1) is 13.7. The van der Waals surface area contributed by atoms with Gasteiger partial charge in [0.2, 0.25) is 0 Å². The minimum atomic E-state index is 0.965. The summed E-state index contributed by atoms with van der Waals surface area (Å²) in [6, 6.07) is 22.3. The van der Waals surface area contributed by atoms with Gasteiger partial charge in [-0.1, -0.05) is 79.6 Å². The third-order valence-corrected chi connectivity index (χ3v) is 5.82. The minimum absolute atomic E-state index is 0.965. The maximum absolute atomic E-state index is 5.78. The topological polar surface area (TPSA) is 0 Å². The van der Waals surface area contributed by atoms with Crippen LogP contribution in [0.3, 0.4) is 0 Å². The van der Waals surface area contributed by atoms with Crippen LogP contribution in [0.4, 0.5) is 0 Å². The van der Waals surface area contributed by atoms with E-state index in [0.717, 1.165) is 31.2 Å². The number of fused-ring (bicyclic) bond motifs is 1. The Labute approximate surface area is 168 Å². The summed E-state index contributed by atoms with van der Waals surface area (Å²) < 4.78 is 0. The van der Waals surface area contributed by atoms with Crippen molar-refractivity contribution in [3.8, 4) is 12.3 Å². The number of hydrogen-bond acceptors (Lipinski definition) is 0. The van der Waals surface area contributed by atoms with Gasteiger partial charge >= 0.3 is 0 Å². The van der Waals surface area contributed by atoms with Crippen molar-refractivity contribution < 1.29 is 0 Å². The fourth-order valence-corrected chi connectivity index (χ4v) is 4.07. The van der Waals surface area contributed by atoms with E-state index in [9.17, 15) is 0 Å². The summed E-state index contributed by atoms with van der Waals surface area (Å²) in [5.41, 5.74) is 11.7. The number of allylic oxidation sites excluding steroid dienone is 1. The van der Waals surface area contributed by atoms with Crippen LogP contribution in [-0.2, 0) is 25.7 Å². The van der Waals surface area contributed by atoms with Gasteiger partial charge in [-0.2, -0.15) is 0 Å². The summed E-state index contributed by atoms with van der Waals surface area (Å²) in [6.07, 6.45) is 12.3. The van der Waals surface area contributed by atoms with E-state index in [1.165, 1.54) is 44.5 Å². The molecule has 0 amide bonds. The zero-order chi connectivity index (χ0) is 19.5. The van der Waals surface area contributed by atoms with Crippen molar-refractivity contribution >= 4 is 11.6 Å². The maximum Gasteiger partial charge on any atom is 0.0347 e. The molecule has 1 aliphatic rings. The second kappa shape index (κ2) is 7.91. The van der Waals surface area contributed by atoms with Crippen LogP contribution >= 0.6 is 0 Å². The van der Waals surface area contributed by atoms with Crippen LogP contribution in [0.2, 0.25) is 0 Å². The standard InChI is InChI=1S/C28H26/c1-4-21-9-11-22(12-10-21)13-14-23-15-16-24-18-26(19-25(24)17-23)28-8-6-7-20(3)27(28)5-2/h2,6-12,15-17,19H,4,13-14,18H2,1,3H3. The molecular formula is C28H26. The number of hydrogen-bond donors (Lipinski definition) is 0. The van der Waals surface area contributed by atoms with Crippen LogP contribution in [0.5, 0.6) is 0 Å². The van der Waals surface area contributed by atoms with E-state index < -0.39 is 0 Å². The van der Waals surface area contributed by atoms with Crippen molar-refractivity contribution in [1.29, 1.82) is 0 Å². The lowest BCUT2D eigenvalue weighted by atomic mass is 9.95. The Kier molecular flexibility index (Phi) is 5.18. The van der Waals surface area contributed by atoms with Gasteiger partial charge in [0.25, 0.3) is 0 Å². The second-order valence-corrected chi connectivity index (χ2v) is 7.69. The Balaban J connectivity index is 1.53. The highest BCUT2D eigenvalue weighted by atomic mass is 14.2. The highest BCUT2D eigenvalue weighted by Gasteiger charge is 2.17. The summed E-state index contributed by atoms with van der Waals surface area (Å²) in [4.78, 5) is 0. The third-order valence-electron chi connectivity index (χ3n) is 5.82. The smallest absolute Gasteiger partial charge is 0.0347 e. The predicted octanol–water partition coefficient (Wildman–Crippen LogP) is 6.42. The van der Waals surface area contributed by atoms with Crippen molar-refractivity contribution in [1.82, 2.24) is 0 Å². The summed E-state index contributed by atoms with van der Waals surface area (Å²) in [5.74, 6) is 2.88. The van der Waals surface area contributed by atoms with E-state index in [4.69, 9.17) is 6.42 Å². The molecule has 0 N–H and O–H groups in total. The van der Waals surface area contributed by atoms with Crippen LogP contribution < -0.4 is 0 Å². The molecular weight excluding hydrogens is 336 g/mol. The van der Waals surface area contributed by atoms with E-state index in [-0.39, 0.29) is 0 Å². The lowest BCUT2D eigenvalue weighted by molar-refractivity contribution is 0.955. The quantitative estimate of drug-likeness (QED) is 0.459. The zero-order valence-electron chi connectivity index (χ0n) is 16.8. The second-order valence-electron chi connectivity index (χ2n) is 7.69. The highest BCUT2D eigenvalue weighted by Crippen LogP contribution is 2.34. The largest absolute Gasteiger partial charge is 0.115 e. The molecule has 3 aromatic rings. The van der Waals surface area contributed by atoms with Gasteiger partial charge in [0.05, 0.1) is 0 Å². The Hall–Kier alpha value is -3.04. The summed E-state index contributed by atoms with van der Waals surface area (Å²) >= 11 is 0. The molecule has 0 radical (unpaired) electrons. The van der Waals surface area contributed by atoms with Gasteiger partial charge in [0.1, 0.15) is 0 Å². The van der Waals surface area contributed by atoms with Crippen LogP contribution in [-0.4, -0.2) is 0 Å². The molecule has 3 aromatic carbocycles. The van der Waals surface area contributed by atoms with E-state index in [1.54, 1.807) is 0 Å². The molecule has 0 aliphatic heterocycles. The first kappa shape index (κ1) is 18.3. The Bertz CT molecular complexity index is 1070. The number of rotatable bonds is 5. The van der Waals surface area contributed by atoms with Gasteiger partial charge in [-0.3, -0.25) is 0 Å². The molecule has 0 spiro atoms. The molecule has 0 heterocycles. The number of aryl methyl sites for hydroxylation is 4. The monoisotopic (exact) mass is 362 g/mol. The molecule has 1 aliphatic carbocycles. The Morgan fingerprint density at radius 1 is 0.893 bits per heavy atom. The van der Waals surface area contributed by atoms with Gasteiger partial charge in [-0.25, -0.2) is 0 Å². The molecule has 0 bridgehead atoms. The average Bonchev–Trinajstić information content (AvgIpc) is 3.15. The maximum atomic E-state index is 5.78. The van der Waals surface area contributed by atoms with Crippen molar-refractivity contribution in [3.05, 3.63) is 105 Å². The first-order valence-corrected chi connectivity index (χ1v) is 10.1. The lowest BCUT2D eigenvalue weighted by Crippen LogP contribution is -1.94.